The summed E-state index contributed by atoms with van der Waals surface area (Å²) in [5, 5.41) is 0. The average Bonchev–Trinajstić information content (AvgIpc) is 2.37. The lowest BCUT2D eigenvalue weighted by molar-refractivity contribution is 0.714. The van der Waals surface area contributed by atoms with Crippen LogP contribution in [-0.4, -0.2) is 0 Å². The van der Waals surface area contributed by atoms with Gasteiger partial charge in [-0.3, -0.25) is 0 Å². The van der Waals surface area contributed by atoms with Gasteiger partial charge in [0.05, 0.1) is 0 Å². The van der Waals surface area contributed by atoms with E-state index in [1.54, 1.807) is 0 Å². The van der Waals surface area contributed by atoms with Crippen molar-refractivity contribution in [1.29, 1.82) is 0 Å². The van der Waals surface area contributed by atoms with Crippen molar-refractivity contribution >= 4 is 15.9 Å². The molecule has 0 aromatic heterocycles. The first-order valence-corrected chi connectivity index (χ1v) is 7.35. The summed E-state index contributed by atoms with van der Waals surface area (Å²) >= 11 is 3.53. The molecule has 2 heteroatoms. The summed E-state index contributed by atoms with van der Waals surface area (Å²) in [6.07, 6.45) is 0.888. The highest BCUT2D eigenvalue weighted by atomic mass is 79.9. The van der Waals surface area contributed by atoms with Crippen LogP contribution < -0.4 is 5.73 Å². The number of aryl methyl sites for hydroxylation is 3. The molecule has 0 aliphatic carbocycles. The molecule has 0 amide bonds. The Labute approximate surface area is 124 Å². The van der Waals surface area contributed by atoms with Gasteiger partial charge in [0.15, 0.2) is 0 Å². The van der Waals surface area contributed by atoms with Crippen LogP contribution >= 0.6 is 15.9 Å². The van der Waals surface area contributed by atoms with E-state index < -0.39 is 0 Å². The van der Waals surface area contributed by atoms with Crippen LogP contribution in [0.1, 0.15) is 33.9 Å². The average molecular weight is 318 g/mol. The van der Waals surface area contributed by atoms with E-state index in [1.807, 2.05) is 0 Å². The van der Waals surface area contributed by atoms with Gasteiger partial charge in [-0.25, -0.2) is 0 Å². The molecule has 0 spiro atoms. The van der Waals surface area contributed by atoms with Crippen molar-refractivity contribution in [3.05, 3.63) is 68.7 Å². The van der Waals surface area contributed by atoms with Crippen LogP contribution in [-0.2, 0) is 6.42 Å². The molecule has 100 valence electrons. The number of hydrogen-bond acceptors (Lipinski definition) is 1. The Morgan fingerprint density at radius 1 is 1.00 bits per heavy atom. The van der Waals surface area contributed by atoms with E-state index in [1.165, 1.54) is 27.8 Å². The molecule has 2 N–H and O–H groups in total. The molecular formula is C17H20BrN. The molecule has 1 nitrogen and oxygen atoms in total. The first-order valence-electron chi connectivity index (χ1n) is 6.55. The van der Waals surface area contributed by atoms with Crippen LogP contribution in [0.25, 0.3) is 0 Å². The van der Waals surface area contributed by atoms with Crippen molar-refractivity contribution in [2.24, 2.45) is 5.73 Å². The minimum absolute atomic E-state index is 0.0478. The van der Waals surface area contributed by atoms with Crippen LogP contribution in [0.15, 0.2) is 40.9 Å². The second-order valence-electron chi connectivity index (χ2n) is 5.19. The van der Waals surface area contributed by atoms with Crippen molar-refractivity contribution < 1.29 is 0 Å². The van der Waals surface area contributed by atoms with Crippen LogP contribution in [0.4, 0.5) is 0 Å². The predicted octanol–water partition coefficient (Wildman–Crippen LogP) is 4.62. The molecule has 0 radical (unpaired) electrons. The van der Waals surface area contributed by atoms with Gasteiger partial charge in [-0.05, 0) is 61.1 Å². The van der Waals surface area contributed by atoms with Crippen molar-refractivity contribution in [3.8, 4) is 0 Å². The van der Waals surface area contributed by atoms with Gasteiger partial charge >= 0.3 is 0 Å². The lowest BCUT2D eigenvalue weighted by Gasteiger charge is -2.17. The number of halogens is 1. The molecular weight excluding hydrogens is 298 g/mol. The van der Waals surface area contributed by atoms with E-state index >= 15 is 0 Å². The normalized spacial score (nSPS) is 12.5. The number of benzene rings is 2. The zero-order valence-corrected chi connectivity index (χ0v) is 13.3. The molecule has 0 aliphatic rings. The Bertz CT molecular complexity index is 570. The maximum atomic E-state index is 6.37. The van der Waals surface area contributed by atoms with Gasteiger partial charge in [0.1, 0.15) is 0 Å². The summed E-state index contributed by atoms with van der Waals surface area (Å²) in [5.74, 6) is 0. The third-order valence-corrected chi connectivity index (χ3v) is 4.57. The summed E-state index contributed by atoms with van der Waals surface area (Å²) in [6.45, 7) is 6.41. The molecule has 2 aromatic carbocycles. The Hall–Kier alpha value is -1.12. The highest BCUT2D eigenvalue weighted by Crippen LogP contribution is 2.24. The fraction of sp³-hybridized carbons (Fsp3) is 0.294. The maximum Gasteiger partial charge on any atom is 0.0336 e. The van der Waals surface area contributed by atoms with E-state index in [-0.39, 0.29) is 6.04 Å². The Kier molecular flexibility index (Phi) is 4.43. The predicted molar refractivity (Wildman–Crippen MR) is 85.4 cm³/mol. The third-order valence-electron chi connectivity index (χ3n) is 3.68. The first-order chi connectivity index (χ1) is 8.99. The zero-order valence-electron chi connectivity index (χ0n) is 11.7. The van der Waals surface area contributed by atoms with E-state index in [9.17, 15) is 0 Å². The lowest BCUT2D eigenvalue weighted by Crippen LogP contribution is -2.15. The van der Waals surface area contributed by atoms with Gasteiger partial charge in [-0.2, -0.15) is 0 Å². The van der Waals surface area contributed by atoms with Crippen molar-refractivity contribution in [3.63, 3.8) is 0 Å². The number of hydrogen-bond donors (Lipinski definition) is 1. The van der Waals surface area contributed by atoms with Crippen molar-refractivity contribution in [1.82, 2.24) is 0 Å². The smallest absolute Gasteiger partial charge is 0.0336 e. The fourth-order valence-corrected chi connectivity index (χ4v) is 2.65. The van der Waals surface area contributed by atoms with E-state index in [0.29, 0.717) is 0 Å². The second-order valence-corrected chi connectivity index (χ2v) is 6.04. The summed E-state index contributed by atoms with van der Waals surface area (Å²) in [7, 11) is 0. The Morgan fingerprint density at radius 3 is 2.21 bits per heavy atom. The highest BCUT2D eigenvalue weighted by molar-refractivity contribution is 9.10. The molecule has 0 bridgehead atoms. The summed E-state index contributed by atoms with van der Waals surface area (Å²) in [5.41, 5.74) is 12.8. The van der Waals surface area contributed by atoms with Gasteiger partial charge < -0.3 is 5.73 Å². The molecule has 1 atom stereocenters. The molecule has 0 aliphatic heterocycles. The van der Waals surface area contributed by atoms with Crippen molar-refractivity contribution in [2.45, 2.75) is 33.2 Å². The van der Waals surface area contributed by atoms with Gasteiger partial charge in [0.2, 0.25) is 0 Å². The number of nitrogens with two attached hydrogens (primary N) is 1. The standard InChI is InChI=1S/C17H20BrN/c1-11-5-4-6-12(2)15(11)10-17(19)14-7-8-16(18)13(3)9-14/h4-9,17H,10,19H2,1-3H3. The van der Waals surface area contributed by atoms with Crippen molar-refractivity contribution in [2.75, 3.05) is 0 Å². The van der Waals surface area contributed by atoms with E-state index in [0.717, 1.165) is 10.9 Å². The van der Waals surface area contributed by atoms with Crippen LogP contribution in [0, 0.1) is 20.8 Å². The molecule has 19 heavy (non-hydrogen) atoms. The maximum absolute atomic E-state index is 6.37. The number of rotatable bonds is 3. The van der Waals surface area contributed by atoms with Crippen LogP contribution in [0.5, 0.6) is 0 Å². The SMILES string of the molecule is Cc1cc(C(N)Cc2c(C)cccc2C)ccc1Br. The van der Waals surface area contributed by atoms with Gasteiger partial charge in [0.25, 0.3) is 0 Å². The topological polar surface area (TPSA) is 26.0 Å². The molecule has 0 fully saturated rings. The van der Waals surface area contributed by atoms with Gasteiger partial charge in [-0.1, -0.05) is 46.3 Å². The molecule has 0 saturated carbocycles. The molecule has 0 heterocycles. The van der Waals surface area contributed by atoms with E-state index in [4.69, 9.17) is 5.73 Å². The van der Waals surface area contributed by atoms with Gasteiger partial charge in [0, 0.05) is 10.5 Å². The molecule has 2 aromatic rings. The largest absolute Gasteiger partial charge is 0.324 e. The van der Waals surface area contributed by atoms with Crippen LogP contribution in [0.2, 0.25) is 0 Å². The minimum Gasteiger partial charge on any atom is -0.324 e. The first kappa shape index (κ1) is 14.3. The third kappa shape index (κ3) is 3.26. The Morgan fingerprint density at radius 2 is 1.63 bits per heavy atom. The summed E-state index contributed by atoms with van der Waals surface area (Å²) in [6, 6.07) is 12.8. The lowest BCUT2D eigenvalue weighted by atomic mass is 9.93. The Balaban J connectivity index is 2.25. The zero-order chi connectivity index (χ0) is 14.0. The molecule has 0 saturated heterocycles. The molecule has 1 unspecified atom stereocenters. The monoisotopic (exact) mass is 317 g/mol. The van der Waals surface area contributed by atoms with Crippen LogP contribution in [0.3, 0.4) is 0 Å². The van der Waals surface area contributed by atoms with E-state index in [2.05, 4.69) is 73.1 Å². The second kappa shape index (κ2) is 5.89. The molecule has 2 rings (SSSR count). The quantitative estimate of drug-likeness (QED) is 0.878. The highest BCUT2D eigenvalue weighted by Gasteiger charge is 2.11. The van der Waals surface area contributed by atoms with Gasteiger partial charge in [-0.15, -0.1) is 0 Å². The summed E-state index contributed by atoms with van der Waals surface area (Å²) in [4.78, 5) is 0. The minimum atomic E-state index is 0.0478. The summed E-state index contributed by atoms with van der Waals surface area (Å²) < 4.78 is 1.13. The fourth-order valence-electron chi connectivity index (χ4n) is 2.41.